The predicted octanol–water partition coefficient (Wildman–Crippen LogP) is 2.32. The van der Waals surface area contributed by atoms with E-state index in [0.29, 0.717) is 10.5 Å². The monoisotopic (exact) mass is 261 g/mol. The fourth-order valence-electron chi connectivity index (χ4n) is 1.62. The third-order valence-electron chi connectivity index (χ3n) is 2.43. The van der Waals surface area contributed by atoms with Crippen molar-refractivity contribution in [3.63, 3.8) is 0 Å². The van der Waals surface area contributed by atoms with Crippen molar-refractivity contribution in [1.29, 1.82) is 0 Å². The van der Waals surface area contributed by atoms with Gasteiger partial charge in [0.2, 0.25) is 0 Å². The van der Waals surface area contributed by atoms with Gasteiger partial charge in [0.25, 0.3) is 0 Å². The number of ether oxygens (including phenoxy) is 1. The number of rotatable bonds is 3. The van der Waals surface area contributed by atoms with Crippen LogP contribution in [0.3, 0.4) is 0 Å². The highest BCUT2D eigenvalue weighted by Crippen LogP contribution is 2.17. The topological polar surface area (TPSA) is 38.3 Å². The highest BCUT2D eigenvalue weighted by atomic mass is 79.9. The molecule has 0 aromatic rings. The lowest BCUT2D eigenvalue weighted by atomic mass is 9.96. The van der Waals surface area contributed by atoms with Gasteiger partial charge in [-0.1, -0.05) is 19.3 Å². The minimum atomic E-state index is -0.340. The number of halogens is 1. The summed E-state index contributed by atoms with van der Waals surface area (Å²) in [5.74, 6) is -0.340. The van der Waals surface area contributed by atoms with Crippen molar-refractivity contribution < 1.29 is 9.53 Å². The highest BCUT2D eigenvalue weighted by molar-refractivity contribution is 9.12. The van der Waals surface area contributed by atoms with E-state index in [2.05, 4.69) is 26.0 Å². The molecule has 1 fully saturated rings. The first-order valence-corrected chi connectivity index (χ1v) is 5.73. The third-order valence-corrected chi connectivity index (χ3v) is 2.98. The van der Waals surface area contributed by atoms with Crippen molar-refractivity contribution in [2.24, 2.45) is 0 Å². The van der Waals surface area contributed by atoms with Crippen molar-refractivity contribution >= 4 is 21.9 Å². The molecule has 1 saturated carbocycles. The van der Waals surface area contributed by atoms with E-state index in [1.165, 1.54) is 39.2 Å². The lowest BCUT2D eigenvalue weighted by Gasteiger charge is -2.21. The van der Waals surface area contributed by atoms with Crippen molar-refractivity contribution in [3.05, 3.63) is 10.7 Å². The number of methoxy groups -OCH3 is 1. The minimum absolute atomic E-state index is 0.340. The zero-order chi connectivity index (χ0) is 10.4. The van der Waals surface area contributed by atoms with Gasteiger partial charge in [0.05, 0.1) is 7.11 Å². The molecule has 14 heavy (non-hydrogen) atoms. The van der Waals surface area contributed by atoms with Crippen molar-refractivity contribution in [3.8, 4) is 0 Å². The quantitative estimate of drug-likeness (QED) is 0.626. The number of carbonyl (C=O) groups excluding carboxylic acids is 1. The van der Waals surface area contributed by atoms with Crippen molar-refractivity contribution in [1.82, 2.24) is 5.32 Å². The van der Waals surface area contributed by atoms with Gasteiger partial charge in [-0.25, -0.2) is 4.79 Å². The van der Waals surface area contributed by atoms with Gasteiger partial charge < -0.3 is 10.1 Å². The number of esters is 1. The Kier molecular flexibility index (Phi) is 5.01. The molecule has 0 aromatic carbocycles. The molecule has 0 bridgehead atoms. The summed E-state index contributed by atoms with van der Waals surface area (Å²) in [5, 5.41) is 3.23. The highest BCUT2D eigenvalue weighted by Gasteiger charge is 2.12. The lowest BCUT2D eigenvalue weighted by molar-refractivity contribution is -0.135. The predicted molar refractivity (Wildman–Crippen MR) is 59.0 cm³/mol. The first kappa shape index (κ1) is 11.6. The molecule has 0 aliphatic heterocycles. The molecule has 3 nitrogen and oxygen atoms in total. The number of hydrogen-bond donors (Lipinski definition) is 1. The molecule has 1 aliphatic carbocycles. The molecule has 0 radical (unpaired) electrons. The van der Waals surface area contributed by atoms with E-state index in [9.17, 15) is 4.79 Å². The summed E-state index contributed by atoms with van der Waals surface area (Å²) in [6.07, 6.45) is 7.97. The first-order valence-electron chi connectivity index (χ1n) is 4.94. The Bertz CT molecular complexity index is 222. The second kappa shape index (κ2) is 6.06. The molecule has 0 unspecified atom stereocenters. The van der Waals surface area contributed by atoms with Gasteiger partial charge in [-0.3, -0.25) is 0 Å². The standard InChI is InChI=1S/C10H16BrNO2/c1-14-10(13)9(11)7-12-8-5-3-2-4-6-8/h7-8,12H,2-6H2,1H3. The third kappa shape index (κ3) is 3.70. The molecule has 4 heteroatoms. The Hall–Kier alpha value is -0.510. The van der Waals surface area contributed by atoms with Crippen LogP contribution in [0.5, 0.6) is 0 Å². The van der Waals surface area contributed by atoms with E-state index in [0.717, 1.165) is 0 Å². The molecular weight excluding hydrogens is 246 g/mol. The number of carbonyl (C=O) groups is 1. The van der Waals surface area contributed by atoms with Crippen LogP contribution < -0.4 is 5.32 Å². The molecular formula is C10H16BrNO2. The van der Waals surface area contributed by atoms with Crippen LogP contribution >= 0.6 is 15.9 Å². The summed E-state index contributed by atoms with van der Waals surface area (Å²) >= 11 is 3.15. The van der Waals surface area contributed by atoms with E-state index in [1.807, 2.05) is 0 Å². The molecule has 1 rings (SSSR count). The van der Waals surface area contributed by atoms with Crippen LogP contribution in [0, 0.1) is 0 Å². The Morgan fingerprint density at radius 1 is 1.43 bits per heavy atom. The average molecular weight is 262 g/mol. The van der Waals surface area contributed by atoms with Gasteiger partial charge in [0.1, 0.15) is 4.48 Å². The van der Waals surface area contributed by atoms with Crippen LogP contribution in [-0.2, 0) is 9.53 Å². The minimum Gasteiger partial charge on any atom is -0.465 e. The summed E-state index contributed by atoms with van der Waals surface area (Å²) in [5.41, 5.74) is 0. The SMILES string of the molecule is COC(=O)C(Br)=CNC1CCCCC1. The Balaban J connectivity index is 2.33. The molecule has 1 N–H and O–H groups in total. The Morgan fingerprint density at radius 2 is 2.07 bits per heavy atom. The van der Waals surface area contributed by atoms with Gasteiger partial charge in [0.15, 0.2) is 0 Å². The van der Waals surface area contributed by atoms with Crippen LogP contribution in [0.15, 0.2) is 10.7 Å². The zero-order valence-corrected chi connectivity index (χ0v) is 9.97. The fraction of sp³-hybridized carbons (Fsp3) is 0.700. The molecule has 0 saturated heterocycles. The summed E-state index contributed by atoms with van der Waals surface area (Å²) in [7, 11) is 1.37. The second-order valence-corrected chi connectivity index (χ2v) is 4.34. The lowest BCUT2D eigenvalue weighted by Crippen LogP contribution is -2.27. The van der Waals surface area contributed by atoms with Crippen LogP contribution in [0.25, 0.3) is 0 Å². The molecule has 0 spiro atoms. The maximum atomic E-state index is 11.0. The Morgan fingerprint density at radius 3 is 2.64 bits per heavy atom. The maximum absolute atomic E-state index is 11.0. The number of hydrogen-bond acceptors (Lipinski definition) is 3. The summed E-state index contributed by atoms with van der Waals surface area (Å²) in [6.45, 7) is 0. The van der Waals surface area contributed by atoms with E-state index < -0.39 is 0 Å². The average Bonchev–Trinajstić information content (AvgIpc) is 2.26. The van der Waals surface area contributed by atoms with E-state index in [4.69, 9.17) is 0 Å². The van der Waals surface area contributed by atoms with Gasteiger partial charge in [-0.05, 0) is 28.8 Å². The maximum Gasteiger partial charge on any atom is 0.346 e. The van der Waals surface area contributed by atoms with Gasteiger partial charge >= 0.3 is 5.97 Å². The smallest absolute Gasteiger partial charge is 0.346 e. The van der Waals surface area contributed by atoms with Crippen LogP contribution in [0.4, 0.5) is 0 Å². The fourth-order valence-corrected chi connectivity index (χ4v) is 1.91. The molecule has 80 valence electrons. The molecule has 1 aliphatic rings. The van der Waals surface area contributed by atoms with Gasteiger partial charge in [0, 0.05) is 12.2 Å². The summed E-state index contributed by atoms with van der Waals surface area (Å²) in [4.78, 5) is 11.0. The van der Waals surface area contributed by atoms with E-state index >= 15 is 0 Å². The van der Waals surface area contributed by atoms with Gasteiger partial charge in [-0.2, -0.15) is 0 Å². The van der Waals surface area contributed by atoms with Crippen LogP contribution in [-0.4, -0.2) is 19.1 Å². The normalized spacial score (nSPS) is 19.1. The zero-order valence-electron chi connectivity index (χ0n) is 8.38. The molecule has 0 atom stereocenters. The van der Waals surface area contributed by atoms with Crippen molar-refractivity contribution in [2.75, 3.05) is 7.11 Å². The van der Waals surface area contributed by atoms with Gasteiger partial charge in [-0.15, -0.1) is 0 Å². The Labute approximate surface area is 93.0 Å². The van der Waals surface area contributed by atoms with E-state index in [1.54, 1.807) is 6.20 Å². The first-order chi connectivity index (χ1) is 6.74. The number of nitrogens with one attached hydrogen (secondary N) is 1. The molecule has 0 amide bonds. The van der Waals surface area contributed by atoms with Crippen LogP contribution in [0.1, 0.15) is 32.1 Å². The second-order valence-electron chi connectivity index (χ2n) is 3.49. The largest absolute Gasteiger partial charge is 0.465 e. The summed E-state index contributed by atoms with van der Waals surface area (Å²) < 4.78 is 5.01. The molecule has 0 aromatic heterocycles. The van der Waals surface area contributed by atoms with E-state index in [-0.39, 0.29) is 5.97 Å². The summed E-state index contributed by atoms with van der Waals surface area (Å²) in [6, 6.07) is 0.515. The van der Waals surface area contributed by atoms with Crippen LogP contribution in [0.2, 0.25) is 0 Å². The van der Waals surface area contributed by atoms with Crippen molar-refractivity contribution in [2.45, 2.75) is 38.1 Å². The molecule has 0 heterocycles.